The van der Waals surface area contributed by atoms with Gasteiger partial charge in [0.15, 0.2) is 17.1 Å². The highest BCUT2D eigenvalue weighted by Gasteiger charge is 2.22. The highest BCUT2D eigenvalue weighted by atomic mass is 32.2. The minimum absolute atomic E-state index is 0.0412. The molecule has 0 bridgehead atoms. The minimum atomic E-state index is -0.504. The normalized spacial score (nSPS) is 11.8. The molecule has 4 rings (SSSR count). The molecule has 0 saturated carbocycles. The fourth-order valence-corrected chi connectivity index (χ4v) is 4.43. The lowest BCUT2D eigenvalue weighted by Crippen LogP contribution is -2.15. The Labute approximate surface area is 219 Å². The predicted octanol–water partition coefficient (Wildman–Crippen LogP) is 6.17. The number of nitro groups is 1. The average molecular weight is 518 g/mol. The van der Waals surface area contributed by atoms with Crippen LogP contribution in [0.25, 0.3) is 5.69 Å². The van der Waals surface area contributed by atoms with E-state index in [4.69, 9.17) is 4.74 Å². The Morgan fingerprint density at radius 3 is 2.43 bits per heavy atom. The zero-order valence-electron chi connectivity index (χ0n) is 20.7. The van der Waals surface area contributed by atoms with E-state index in [0.29, 0.717) is 22.6 Å². The van der Waals surface area contributed by atoms with Gasteiger partial charge in [0.25, 0.3) is 5.69 Å². The maximum absolute atomic E-state index is 12.6. The summed E-state index contributed by atoms with van der Waals surface area (Å²) in [5.74, 6) is 1.48. The molecule has 1 heterocycles. The summed E-state index contributed by atoms with van der Waals surface area (Å²) in [5.41, 5.74) is 2.34. The van der Waals surface area contributed by atoms with E-state index in [2.05, 4.69) is 41.5 Å². The molecule has 1 unspecified atom stereocenters. The van der Waals surface area contributed by atoms with E-state index in [1.165, 1.54) is 35.5 Å². The van der Waals surface area contributed by atoms with Crippen molar-refractivity contribution in [3.8, 4) is 11.4 Å². The van der Waals surface area contributed by atoms with E-state index in [1.807, 2.05) is 54.0 Å². The van der Waals surface area contributed by atoms with Crippen LogP contribution in [0.2, 0.25) is 0 Å². The van der Waals surface area contributed by atoms with Gasteiger partial charge >= 0.3 is 0 Å². The van der Waals surface area contributed by atoms with Crippen LogP contribution >= 0.6 is 11.8 Å². The molecule has 37 heavy (non-hydrogen) atoms. The number of hydrogen-bond donors (Lipinski definition) is 1. The molecule has 10 heteroatoms. The van der Waals surface area contributed by atoms with Gasteiger partial charge in [-0.3, -0.25) is 19.5 Å². The van der Waals surface area contributed by atoms with Gasteiger partial charge < -0.3 is 10.1 Å². The fourth-order valence-electron chi connectivity index (χ4n) is 3.67. The third kappa shape index (κ3) is 6.53. The van der Waals surface area contributed by atoms with Gasteiger partial charge in [-0.05, 0) is 48.7 Å². The number of benzene rings is 3. The van der Waals surface area contributed by atoms with Crippen LogP contribution < -0.4 is 10.1 Å². The molecule has 0 aliphatic carbocycles. The number of non-ortho nitro benzene ring substituents is 1. The van der Waals surface area contributed by atoms with Crippen molar-refractivity contribution in [3.63, 3.8) is 0 Å². The first kappa shape index (κ1) is 25.9. The average Bonchev–Trinajstić information content (AvgIpc) is 3.32. The van der Waals surface area contributed by atoms with Crippen molar-refractivity contribution in [1.82, 2.24) is 14.8 Å². The maximum atomic E-state index is 12.6. The molecule has 0 spiro atoms. The Bertz CT molecular complexity index is 1370. The van der Waals surface area contributed by atoms with Gasteiger partial charge in [0.2, 0.25) is 5.91 Å². The lowest BCUT2D eigenvalue weighted by molar-refractivity contribution is -0.384. The third-order valence-electron chi connectivity index (χ3n) is 5.57. The van der Waals surface area contributed by atoms with Crippen LogP contribution in [0.4, 0.5) is 11.4 Å². The third-order valence-corrected chi connectivity index (χ3v) is 6.50. The quantitative estimate of drug-likeness (QED) is 0.152. The van der Waals surface area contributed by atoms with Gasteiger partial charge in [-0.1, -0.05) is 62.0 Å². The van der Waals surface area contributed by atoms with Crippen LogP contribution in [-0.2, 0) is 4.79 Å². The zero-order chi connectivity index (χ0) is 26.4. The number of anilines is 1. The maximum Gasteiger partial charge on any atom is 0.271 e. The number of hydrogen-bond acceptors (Lipinski definition) is 7. The standard InChI is InChI=1S/C27H27N5O4S/c1-18(2)20-12-14-24(15-13-20)36-19(3)26-29-30-27(31(26)22-9-5-4-6-10-22)37-17-25(33)28-21-8-7-11-23(16-21)32(34)35/h4-16,18-19H,17H2,1-3H3,(H,28,33). The number of rotatable bonds is 10. The monoisotopic (exact) mass is 517 g/mol. The minimum Gasteiger partial charge on any atom is -0.483 e. The van der Waals surface area contributed by atoms with Crippen molar-refractivity contribution in [1.29, 1.82) is 0 Å². The number of para-hydroxylation sites is 1. The fraction of sp³-hybridized carbons (Fsp3) is 0.222. The lowest BCUT2D eigenvalue weighted by Gasteiger charge is -2.17. The molecule has 3 aromatic carbocycles. The second-order valence-electron chi connectivity index (χ2n) is 8.64. The van der Waals surface area contributed by atoms with Crippen LogP contribution in [0.1, 0.15) is 44.2 Å². The second-order valence-corrected chi connectivity index (χ2v) is 9.58. The van der Waals surface area contributed by atoms with Gasteiger partial charge in [0.05, 0.1) is 10.7 Å². The molecule has 190 valence electrons. The molecule has 1 atom stereocenters. The molecule has 9 nitrogen and oxygen atoms in total. The number of nitro benzene ring substituents is 1. The van der Waals surface area contributed by atoms with E-state index in [9.17, 15) is 14.9 Å². The highest BCUT2D eigenvalue weighted by Crippen LogP contribution is 2.29. The molecule has 1 amide bonds. The number of nitrogens with one attached hydrogen (secondary N) is 1. The summed E-state index contributed by atoms with van der Waals surface area (Å²) in [5, 5.41) is 22.9. The molecule has 0 radical (unpaired) electrons. The Morgan fingerprint density at radius 1 is 1.03 bits per heavy atom. The summed E-state index contributed by atoms with van der Waals surface area (Å²) in [7, 11) is 0. The van der Waals surface area contributed by atoms with Crippen LogP contribution in [0.15, 0.2) is 84.0 Å². The van der Waals surface area contributed by atoms with E-state index in [1.54, 1.807) is 6.07 Å². The van der Waals surface area contributed by atoms with E-state index in [-0.39, 0.29) is 17.3 Å². The molecule has 0 aliphatic rings. The first-order valence-corrected chi connectivity index (χ1v) is 12.7. The number of amides is 1. The summed E-state index contributed by atoms with van der Waals surface area (Å²) in [4.78, 5) is 23.1. The van der Waals surface area contributed by atoms with Crippen molar-refractivity contribution in [2.75, 3.05) is 11.1 Å². The van der Waals surface area contributed by atoms with Crippen LogP contribution in [-0.4, -0.2) is 31.3 Å². The first-order valence-electron chi connectivity index (χ1n) is 11.8. The van der Waals surface area contributed by atoms with Crippen LogP contribution in [0, 0.1) is 10.1 Å². The van der Waals surface area contributed by atoms with Crippen molar-refractivity contribution < 1.29 is 14.5 Å². The van der Waals surface area contributed by atoms with Gasteiger partial charge in [0.1, 0.15) is 5.75 Å². The number of nitrogens with zero attached hydrogens (tertiary/aromatic N) is 4. The van der Waals surface area contributed by atoms with E-state index >= 15 is 0 Å². The molecular weight excluding hydrogens is 490 g/mol. The summed E-state index contributed by atoms with van der Waals surface area (Å²) >= 11 is 1.22. The number of thioether (sulfide) groups is 1. The van der Waals surface area contributed by atoms with Crippen molar-refractivity contribution in [2.45, 2.75) is 37.9 Å². The van der Waals surface area contributed by atoms with E-state index in [0.717, 1.165) is 11.4 Å². The first-order chi connectivity index (χ1) is 17.8. The Hall–Kier alpha value is -4.18. The number of carbonyl (C=O) groups excluding carboxylic acids is 1. The number of ether oxygens (including phenoxy) is 1. The van der Waals surface area contributed by atoms with Crippen molar-refractivity contribution >= 4 is 29.0 Å². The second kappa shape index (κ2) is 11.7. The number of aromatic nitrogens is 3. The van der Waals surface area contributed by atoms with Crippen LogP contribution in [0.3, 0.4) is 0 Å². The van der Waals surface area contributed by atoms with Gasteiger partial charge in [0, 0.05) is 23.5 Å². The van der Waals surface area contributed by atoms with E-state index < -0.39 is 11.0 Å². The SMILES string of the molecule is CC(C)c1ccc(OC(C)c2nnc(SCC(=O)Nc3cccc([N+](=O)[O-])c3)n2-c2ccccc2)cc1. The predicted molar refractivity (Wildman–Crippen MR) is 143 cm³/mol. The summed E-state index contributed by atoms with van der Waals surface area (Å²) in [6, 6.07) is 23.4. The van der Waals surface area contributed by atoms with Gasteiger partial charge in [-0.2, -0.15) is 0 Å². The Kier molecular flexibility index (Phi) is 8.19. The van der Waals surface area contributed by atoms with Crippen molar-refractivity contribution in [2.24, 2.45) is 0 Å². The molecule has 0 aliphatic heterocycles. The van der Waals surface area contributed by atoms with Crippen molar-refractivity contribution in [3.05, 3.63) is 100 Å². The Balaban J connectivity index is 1.51. The molecule has 0 saturated heterocycles. The summed E-state index contributed by atoms with van der Waals surface area (Å²) in [6.45, 7) is 6.19. The molecule has 4 aromatic rings. The largest absolute Gasteiger partial charge is 0.483 e. The molecule has 1 aromatic heterocycles. The summed E-state index contributed by atoms with van der Waals surface area (Å²) < 4.78 is 8.05. The molecule has 0 fully saturated rings. The smallest absolute Gasteiger partial charge is 0.271 e. The summed E-state index contributed by atoms with van der Waals surface area (Å²) in [6.07, 6.45) is -0.411. The molecule has 1 N–H and O–H groups in total. The highest BCUT2D eigenvalue weighted by molar-refractivity contribution is 7.99. The Morgan fingerprint density at radius 2 is 1.76 bits per heavy atom. The number of carbonyl (C=O) groups is 1. The van der Waals surface area contributed by atoms with Gasteiger partial charge in [-0.25, -0.2) is 0 Å². The zero-order valence-corrected chi connectivity index (χ0v) is 21.5. The molecular formula is C27H27N5O4S. The van der Waals surface area contributed by atoms with Gasteiger partial charge in [-0.15, -0.1) is 10.2 Å². The lowest BCUT2D eigenvalue weighted by atomic mass is 10.0. The van der Waals surface area contributed by atoms with Crippen LogP contribution in [0.5, 0.6) is 5.75 Å². The topological polar surface area (TPSA) is 112 Å².